The number of esters is 1. The average Bonchev–Trinajstić information content (AvgIpc) is 2.48. The molecule has 5 nitrogen and oxygen atoms in total. The van der Waals surface area contributed by atoms with Crippen LogP contribution in [0.4, 0.5) is 10.1 Å². The van der Waals surface area contributed by atoms with Crippen LogP contribution in [0.5, 0.6) is 0 Å². The van der Waals surface area contributed by atoms with Crippen LogP contribution in [0, 0.1) is 5.82 Å². The smallest absolute Gasteiger partial charge is 0.323 e. The van der Waals surface area contributed by atoms with Crippen LogP contribution in [0.2, 0.25) is 0 Å². The molecule has 0 radical (unpaired) electrons. The van der Waals surface area contributed by atoms with Crippen molar-refractivity contribution < 1.29 is 13.9 Å². The number of nitrogens with zero attached hydrogens (tertiary/aromatic N) is 2. The Morgan fingerprint density at radius 1 is 1.30 bits per heavy atom. The van der Waals surface area contributed by atoms with Gasteiger partial charge in [0.05, 0.1) is 7.11 Å². The Balaban J connectivity index is 1.83. The van der Waals surface area contributed by atoms with Crippen molar-refractivity contribution in [3.63, 3.8) is 0 Å². The van der Waals surface area contributed by atoms with E-state index in [9.17, 15) is 9.18 Å². The number of ether oxygens (including phenoxy) is 1. The Bertz CT molecular complexity index is 444. The van der Waals surface area contributed by atoms with E-state index in [1.807, 2.05) is 0 Å². The molecule has 20 heavy (non-hydrogen) atoms. The number of hydrogen-bond donors (Lipinski definition) is 1. The maximum absolute atomic E-state index is 12.9. The molecule has 1 aromatic rings. The lowest BCUT2D eigenvalue weighted by atomic mass is 10.2. The van der Waals surface area contributed by atoms with Crippen molar-refractivity contribution in [1.29, 1.82) is 0 Å². The van der Waals surface area contributed by atoms with Gasteiger partial charge in [0.15, 0.2) is 0 Å². The molecule has 1 atom stereocenters. The molecular formula is C14H20FN3O2. The van der Waals surface area contributed by atoms with E-state index in [2.05, 4.69) is 14.5 Å². The molecule has 0 aliphatic carbocycles. The SMILES string of the molecule is COC(=O)C(N)CN1CCN(c2ccc(F)cc2)CC1. The minimum atomic E-state index is -0.600. The number of anilines is 1. The number of rotatable bonds is 4. The molecule has 1 saturated heterocycles. The molecule has 1 heterocycles. The number of hydrogen-bond acceptors (Lipinski definition) is 5. The molecule has 1 fully saturated rings. The molecule has 110 valence electrons. The van der Waals surface area contributed by atoms with Gasteiger partial charge in [-0.05, 0) is 24.3 Å². The number of piperazine rings is 1. The first-order valence-electron chi connectivity index (χ1n) is 6.66. The maximum atomic E-state index is 12.9. The summed E-state index contributed by atoms with van der Waals surface area (Å²) < 4.78 is 17.5. The lowest BCUT2D eigenvalue weighted by Gasteiger charge is -2.36. The van der Waals surface area contributed by atoms with Crippen LogP contribution in [0.25, 0.3) is 0 Å². The minimum Gasteiger partial charge on any atom is -0.468 e. The standard InChI is InChI=1S/C14H20FN3O2/c1-20-14(19)13(16)10-17-6-8-18(9-7-17)12-4-2-11(15)3-5-12/h2-5,13H,6-10,16H2,1H3. The van der Waals surface area contributed by atoms with Gasteiger partial charge < -0.3 is 15.4 Å². The van der Waals surface area contributed by atoms with E-state index >= 15 is 0 Å². The van der Waals surface area contributed by atoms with E-state index < -0.39 is 6.04 Å². The van der Waals surface area contributed by atoms with Gasteiger partial charge in [0.25, 0.3) is 0 Å². The molecule has 1 aliphatic heterocycles. The Kier molecular flexibility index (Phi) is 4.92. The van der Waals surface area contributed by atoms with Crippen LogP contribution in [-0.4, -0.2) is 56.7 Å². The fourth-order valence-electron chi connectivity index (χ4n) is 2.34. The third kappa shape index (κ3) is 3.68. The number of nitrogens with two attached hydrogens (primary N) is 1. The van der Waals surface area contributed by atoms with Gasteiger partial charge in [0, 0.05) is 38.4 Å². The van der Waals surface area contributed by atoms with Gasteiger partial charge in [-0.2, -0.15) is 0 Å². The van der Waals surface area contributed by atoms with Crippen molar-refractivity contribution in [3.8, 4) is 0 Å². The lowest BCUT2D eigenvalue weighted by molar-refractivity contribution is -0.142. The van der Waals surface area contributed by atoms with Crippen molar-refractivity contribution >= 4 is 11.7 Å². The van der Waals surface area contributed by atoms with Gasteiger partial charge in [-0.25, -0.2) is 4.39 Å². The van der Waals surface area contributed by atoms with Crippen LogP contribution >= 0.6 is 0 Å². The van der Waals surface area contributed by atoms with Crippen molar-refractivity contribution in [3.05, 3.63) is 30.1 Å². The second-order valence-corrected chi connectivity index (χ2v) is 4.89. The molecule has 0 spiro atoms. The Morgan fingerprint density at radius 3 is 2.45 bits per heavy atom. The van der Waals surface area contributed by atoms with E-state index in [-0.39, 0.29) is 11.8 Å². The van der Waals surface area contributed by atoms with Gasteiger partial charge >= 0.3 is 5.97 Å². The highest BCUT2D eigenvalue weighted by atomic mass is 19.1. The quantitative estimate of drug-likeness (QED) is 0.812. The van der Waals surface area contributed by atoms with Crippen molar-refractivity contribution in [1.82, 2.24) is 4.90 Å². The molecule has 1 aromatic carbocycles. The first-order valence-corrected chi connectivity index (χ1v) is 6.66. The Labute approximate surface area is 118 Å². The number of halogens is 1. The Hall–Kier alpha value is -1.66. The number of carbonyl (C=O) groups excluding carboxylic acids is 1. The highest BCUT2D eigenvalue weighted by Gasteiger charge is 2.22. The monoisotopic (exact) mass is 281 g/mol. The number of benzene rings is 1. The van der Waals surface area contributed by atoms with E-state index in [0.29, 0.717) is 6.54 Å². The zero-order valence-electron chi connectivity index (χ0n) is 11.6. The molecule has 2 rings (SSSR count). The van der Waals surface area contributed by atoms with Gasteiger partial charge in [-0.3, -0.25) is 9.69 Å². The summed E-state index contributed by atoms with van der Waals surface area (Å²) in [7, 11) is 1.34. The summed E-state index contributed by atoms with van der Waals surface area (Å²) in [6.07, 6.45) is 0. The van der Waals surface area contributed by atoms with Crippen LogP contribution in [-0.2, 0) is 9.53 Å². The molecule has 0 bridgehead atoms. The lowest BCUT2D eigenvalue weighted by Crippen LogP contribution is -2.51. The topological polar surface area (TPSA) is 58.8 Å². The molecule has 0 amide bonds. The van der Waals surface area contributed by atoms with Gasteiger partial charge in [-0.15, -0.1) is 0 Å². The summed E-state index contributed by atoms with van der Waals surface area (Å²) in [4.78, 5) is 15.6. The van der Waals surface area contributed by atoms with E-state index in [1.165, 1.54) is 19.2 Å². The summed E-state index contributed by atoms with van der Waals surface area (Å²) >= 11 is 0. The van der Waals surface area contributed by atoms with E-state index in [0.717, 1.165) is 31.9 Å². The zero-order chi connectivity index (χ0) is 14.5. The second kappa shape index (κ2) is 6.67. The van der Waals surface area contributed by atoms with Gasteiger partial charge in [0.1, 0.15) is 11.9 Å². The van der Waals surface area contributed by atoms with Crippen molar-refractivity contribution in [2.75, 3.05) is 44.7 Å². The molecule has 0 saturated carbocycles. The normalized spacial score (nSPS) is 17.9. The molecule has 2 N–H and O–H groups in total. The van der Waals surface area contributed by atoms with Crippen LogP contribution in [0.1, 0.15) is 0 Å². The molecular weight excluding hydrogens is 261 g/mol. The van der Waals surface area contributed by atoms with Gasteiger partial charge in [0.2, 0.25) is 0 Å². The predicted molar refractivity (Wildman–Crippen MR) is 75.0 cm³/mol. The van der Waals surface area contributed by atoms with Gasteiger partial charge in [-0.1, -0.05) is 0 Å². The summed E-state index contributed by atoms with van der Waals surface area (Å²) in [5, 5.41) is 0. The first kappa shape index (κ1) is 14.7. The summed E-state index contributed by atoms with van der Waals surface area (Å²) in [6.45, 7) is 3.81. The summed E-state index contributed by atoms with van der Waals surface area (Å²) in [5.74, 6) is -0.609. The van der Waals surface area contributed by atoms with Crippen molar-refractivity contribution in [2.45, 2.75) is 6.04 Å². The second-order valence-electron chi connectivity index (χ2n) is 4.89. The zero-order valence-corrected chi connectivity index (χ0v) is 11.6. The Morgan fingerprint density at radius 2 is 1.90 bits per heavy atom. The highest BCUT2D eigenvalue weighted by Crippen LogP contribution is 2.16. The average molecular weight is 281 g/mol. The molecule has 1 aliphatic rings. The van der Waals surface area contributed by atoms with E-state index in [4.69, 9.17) is 5.73 Å². The first-order chi connectivity index (χ1) is 9.60. The largest absolute Gasteiger partial charge is 0.468 e. The fraction of sp³-hybridized carbons (Fsp3) is 0.500. The van der Waals surface area contributed by atoms with Crippen molar-refractivity contribution in [2.24, 2.45) is 5.73 Å². The van der Waals surface area contributed by atoms with E-state index in [1.54, 1.807) is 12.1 Å². The molecule has 0 aromatic heterocycles. The third-order valence-corrected chi connectivity index (χ3v) is 3.52. The maximum Gasteiger partial charge on any atom is 0.323 e. The molecule has 6 heteroatoms. The van der Waals surface area contributed by atoms with Crippen LogP contribution in [0.3, 0.4) is 0 Å². The number of methoxy groups -OCH3 is 1. The highest BCUT2D eigenvalue weighted by molar-refractivity contribution is 5.75. The summed E-state index contributed by atoms with van der Waals surface area (Å²) in [6, 6.07) is 5.90. The molecule has 1 unspecified atom stereocenters. The van der Waals surface area contributed by atoms with Crippen LogP contribution < -0.4 is 10.6 Å². The predicted octanol–water partition coefficient (Wildman–Crippen LogP) is 0.448. The fourth-order valence-corrected chi connectivity index (χ4v) is 2.34. The summed E-state index contributed by atoms with van der Waals surface area (Å²) in [5.41, 5.74) is 6.77. The third-order valence-electron chi connectivity index (χ3n) is 3.52. The number of carbonyl (C=O) groups is 1. The minimum absolute atomic E-state index is 0.226. The van der Waals surface area contributed by atoms with Crippen LogP contribution in [0.15, 0.2) is 24.3 Å².